The molecule has 1 aromatic heterocycles. The smallest absolute Gasteiger partial charge is 0.349 e. The minimum absolute atomic E-state index is 0.225. The second kappa shape index (κ2) is 5.31. The zero-order chi connectivity index (χ0) is 13.9. The average molecular weight is 284 g/mol. The van der Waals surface area contributed by atoms with Crippen molar-refractivity contribution in [1.29, 1.82) is 0 Å². The van der Waals surface area contributed by atoms with Gasteiger partial charge in [0.2, 0.25) is 0 Å². The van der Waals surface area contributed by atoms with Crippen molar-refractivity contribution in [2.24, 2.45) is 0 Å². The van der Waals surface area contributed by atoms with Gasteiger partial charge in [-0.1, -0.05) is 22.1 Å². The number of pyridine rings is 1. The second-order valence-electron chi connectivity index (χ2n) is 3.78. The van der Waals surface area contributed by atoms with E-state index in [0.717, 1.165) is 11.6 Å². The van der Waals surface area contributed by atoms with Crippen LogP contribution in [-0.4, -0.2) is 13.4 Å². The fourth-order valence-corrected chi connectivity index (χ4v) is 1.89. The molecule has 4 nitrogen and oxygen atoms in total. The Bertz CT molecular complexity index is 672. The molecule has 0 aliphatic heterocycles. The highest BCUT2D eigenvalue weighted by atomic mass is 32.3. The zero-order valence-electron chi connectivity index (χ0n) is 9.68. The molecule has 1 N–H and O–H groups in total. The quantitative estimate of drug-likeness (QED) is 0.876. The van der Waals surface area contributed by atoms with Crippen molar-refractivity contribution in [3.63, 3.8) is 0 Å². The third-order valence-electron chi connectivity index (χ3n) is 2.36. The van der Waals surface area contributed by atoms with Crippen molar-refractivity contribution in [1.82, 2.24) is 4.98 Å². The van der Waals surface area contributed by atoms with Gasteiger partial charge >= 0.3 is 10.2 Å². The van der Waals surface area contributed by atoms with Gasteiger partial charge in [-0.25, -0.2) is 9.37 Å². The maximum absolute atomic E-state index is 12.7. The van der Waals surface area contributed by atoms with E-state index in [4.69, 9.17) is 0 Å². The SMILES string of the molecule is O=S(=O)(F)c1cccc(NCc2ccc(F)cc2)n1. The number of hydrogen-bond donors (Lipinski definition) is 1. The third kappa shape index (κ3) is 3.72. The molecule has 2 rings (SSSR count). The summed E-state index contributed by atoms with van der Waals surface area (Å²) in [4.78, 5) is 3.63. The van der Waals surface area contributed by atoms with Crippen LogP contribution in [0.4, 0.5) is 14.1 Å². The molecule has 19 heavy (non-hydrogen) atoms. The van der Waals surface area contributed by atoms with Crippen molar-refractivity contribution >= 4 is 16.0 Å². The van der Waals surface area contributed by atoms with Crippen LogP contribution < -0.4 is 5.32 Å². The molecule has 1 heterocycles. The van der Waals surface area contributed by atoms with E-state index in [1.165, 1.54) is 24.3 Å². The molecule has 0 amide bonds. The molecule has 0 atom stereocenters. The van der Waals surface area contributed by atoms with Crippen molar-refractivity contribution in [2.45, 2.75) is 11.6 Å². The van der Waals surface area contributed by atoms with E-state index < -0.39 is 15.2 Å². The Morgan fingerprint density at radius 1 is 1.11 bits per heavy atom. The first-order valence-electron chi connectivity index (χ1n) is 5.35. The predicted molar refractivity (Wildman–Crippen MR) is 66.3 cm³/mol. The minimum atomic E-state index is -4.81. The van der Waals surface area contributed by atoms with Crippen molar-refractivity contribution in [3.05, 3.63) is 53.8 Å². The van der Waals surface area contributed by atoms with Gasteiger partial charge in [-0.3, -0.25) is 0 Å². The van der Waals surface area contributed by atoms with Crippen LogP contribution in [0.3, 0.4) is 0 Å². The van der Waals surface area contributed by atoms with Crippen LogP contribution in [0.1, 0.15) is 5.56 Å². The monoisotopic (exact) mass is 284 g/mol. The third-order valence-corrected chi connectivity index (χ3v) is 3.09. The Balaban J connectivity index is 2.10. The maximum Gasteiger partial charge on any atom is 0.349 e. The largest absolute Gasteiger partial charge is 0.366 e. The van der Waals surface area contributed by atoms with E-state index in [1.54, 1.807) is 12.1 Å². The van der Waals surface area contributed by atoms with Crippen LogP contribution in [0.25, 0.3) is 0 Å². The number of hydrogen-bond acceptors (Lipinski definition) is 4. The van der Waals surface area contributed by atoms with Gasteiger partial charge in [-0.2, -0.15) is 8.42 Å². The maximum atomic E-state index is 12.7. The molecule has 7 heteroatoms. The Kier molecular flexibility index (Phi) is 3.75. The van der Waals surface area contributed by atoms with Crippen molar-refractivity contribution in [2.75, 3.05) is 5.32 Å². The van der Waals surface area contributed by atoms with Gasteiger partial charge in [0.1, 0.15) is 11.6 Å². The van der Waals surface area contributed by atoms with E-state index in [0.29, 0.717) is 6.54 Å². The number of nitrogens with one attached hydrogen (secondary N) is 1. The second-order valence-corrected chi connectivity index (χ2v) is 5.07. The van der Waals surface area contributed by atoms with Crippen LogP contribution in [0.5, 0.6) is 0 Å². The van der Waals surface area contributed by atoms with Gasteiger partial charge in [-0.15, -0.1) is 0 Å². The predicted octanol–water partition coefficient (Wildman–Crippen LogP) is 2.49. The highest BCUT2D eigenvalue weighted by Gasteiger charge is 2.13. The van der Waals surface area contributed by atoms with Crippen LogP contribution in [0.15, 0.2) is 47.5 Å². The van der Waals surface area contributed by atoms with Gasteiger partial charge in [-0.05, 0) is 29.8 Å². The summed E-state index contributed by atoms with van der Waals surface area (Å²) in [6.45, 7) is 0.322. The first-order chi connectivity index (χ1) is 8.95. The summed E-state index contributed by atoms with van der Waals surface area (Å²) in [6.07, 6.45) is 0. The van der Waals surface area contributed by atoms with Crippen LogP contribution in [-0.2, 0) is 16.8 Å². The summed E-state index contributed by atoms with van der Waals surface area (Å²) in [5.74, 6) is -0.115. The van der Waals surface area contributed by atoms with Crippen molar-refractivity contribution in [3.8, 4) is 0 Å². The lowest BCUT2D eigenvalue weighted by molar-refractivity contribution is 0.548. The summed E-state index contributed by atoms with van der Waals surface area (Å²) >= 11 is 0. The average Bonchev–Trinajstić information content (AvgIpc) is 2.37. The molecule has 0 saturated heterocycles. The van der Waals surface area contributed by atoms with E-state index >= 15 is 0 Å². The molecule has 0 saturated carbocycles. The lowest BCUT2D eigenvalue weighted by Crippen LogP contribution is -2.04. The summed E-state index contributed by atoms with van der Waals surface area (Å²) in [7, 11) is -4.81. The Hall–Kier alpha value is -2.02. The highest BCUT2D eigenvalue weighted by molar-refractivity contribution is 7.86. The Morgan fingerprint density at radius 2 is 1.79 bits per heavy atom. The molecule has 0 spiro atoms. The standard InChI is InChI=1S/C12H10F2N2O2S/c13-10-6-4-9(5-7-10)8-15-11-2-1-3-12(16-11)19(14,17)18/h1-7H,8H2,(H,15,16). The molecule has 0 aliphatic carbocycles. The molecule has 0 unspecified atom stereocenters. The first kappa shape index (κ1) is 13.4. The topological polar surface area (TPSA) is 59.1 Å². The molecule has 0 fully saturated rings. The summed E-state index contributed by atoms with van der Waals surface area (Å²) < 4.78 is 46.8. The molecule has 0 bridgehead atoms. The van der Waals surface area contributed by atoms with Gasteiger partial charge in [0.15, 0.2) is 5.03 Å². The number of aromatic nitrogens is 1. The molecular formula is C12H10F2N2O2S. The van der Waals surface area contributed by atoms with E-state index in [9.17, 15) is 16.7 Å². The first-order valence-corrected chi connectivity index (χ1v) is 6.73. The molecule has 2 aromatic rings. The van der Waals surface area contributed by atoms with E-state index in [2.05, 4.69) is 10.3 Å². The summed E-state index contributed by atoms with van der Waals surface area (Å²) in [5, 5.41) is 2.19. The molecular weight excluding hydrogens is 274 g/mol. The summed E-state index contributed by atoms with van der Waals surface area (Å²) in [5.41, 5.74) is 0.789. The Morgan fingerprint density at radius 3 is 2.42 bits per heavy atom. The Labute approximate surface area is 109 Å². The molecule has 0 aliphatic rings. The highest BCUT2D eigenvalue weighted by Crippen LogP contribution is 2.13. The summed E-state index contributed by atoms with van der Waals surface area (Å²) in [6, 6.07) is 9.75. The number of rotatable bonds is 4. The van der Waals surface area contributed by atoms with Crippen LogP contribution >= 0.6 is 0 Å². The molecule has 1 aromatic carbocycles. The number of halogens is 2. The fourth-order valence-electron chi connectivity index (χ4n) is 1.44. The molecule has 0 radical (unpaired) electrons. The molecule has 100 valence electrons. The van der Waals surface area contributed by atoms with Crippen LogP contribution in [0.2, 0.25) is 0 Å². The van der Waals surface area contributed by atoms with Crippen molar-refractivity contribution < 1.29 is 16.7 Å². The number of nitrogens with zero attached hydrogens (tertiary/aromatic N) is 1. The number of benzene rings is 1. The lowest BCUT2D eigenvalue weighted by atomic mass is 10.2. The van der Waals surface area contributed by atoms with Gasteiger partial charge < -0.3 is 5.32 Å². The minimum Gasteiger partial charge on any atom is -0.366 e. The zero-order valence-corrected chi connectivity index (χ0v) is 10.5. The van der Waals surface area contributed by atoms with Gasteiger partial charge in [0.05, 0.1) is 0 Å². The van der Waals surface area contributed by atoms with E-state index in [1.807, 2.05) is 0 Å². The van der Waals surface area contributed by atoms with Gasteiger partial charge in [0.25, 0.3) is 0 Å². The van der Waals surface area contributed by atoms with E-state index in [-0.39, 0.29) is 11.6 Å². The van der Waals surface area contributed by atoms with Gasteiger partial charge in [0, 0.05) is 6.54 Å². The van der Waals surface area contributed by atoms with Crippen LogP contribution in [0, 0.1) is 5.82 Å². The normalized spacial score (nSPS) is 11.3. The fraction of sp³-hybridized carbons (Fsp3) is 0.0833. The number of anilines is 1. The lowest BCUT2D eigenvalue weighted by Gasteiger charge is -2.06.